The van der Waals surface area contributed by atoms with Crippen molar-refractivity contribution in [2.45, 2.75) is 58.7 Å². The minimum atomic E-state index is -1.68. The lowest BCUT2D eigenvalue weighted by Crippen LogP contribution is -2.48. The molecule has 0 bridgehead atoms. The second-order valence-corrected chi connectivity index (χ2v) is 5.17. The van der Waals surface area contributed by atoms with Crippen molar-refractivity contribution in [3.05, 3.63) is 0 Å². The summed E-state index contributed by atoms with van der Waals surface area (Å²) in [6, 6.07) is 0. The number of hydrogen-bond acceptors (Lipinski definition) is 9. The molecule has 1 fully saturated rings. The van der Waals surface area contributed by atoms with Crippen LogP contribution in [0.4, 0.5) is 0 Å². The molecule has 9 heteroatoms. The van der Waals surface area contributed by atoms with Gasteiger partial charge in [0.2, 0.25) is 6.10 Å². The van der Waals surface area contributed by atoms with E-state index in [0.717, 1.165) is 20.8 Å². The van der Waals surface area contributed by atoms with Crippen LogP contribution >= 0.6 is 0 Å². The standard InChI is InChI=1S/C14H20O9/c1-7(15)19-6-11-12(20-8(2)16)13(21-9(3)17)14(5,23-11)22-10(4)18/h11-13H,6H2,1-5H3/t11-,12+,13?,14-/m1/s1. The summed E-state index contributed by atoms with van der Waals surface area (Å²) >= 11 is 0. The molecule has 9 nitrogen and oxygen atoms in total. The van der Waals surface area contributed by atoms with Gasteiger partial charge in [-0.2, -0.15) is 0 Å². The highest BCUT2D eigenvalue weighted by atomic mass is 16.8. The van der Waals surface area contributed by atoms with Gasteiger partial charge in [0.05, 0.1) is 0 Å². The minimum absolute atomic E-state index is 0.262. The Balaban J connectivity index is 3.10. The third-order valence-electron chi connectivity index (χ3n) is 2.96. The highest BCUT2D eigenvalue weighted by molar-refractivity contribution is 5.69. The highest BCUT2D eigenvalue weighted by Gasteiger charge is 2.59. The second kappa shape index (κ2) is 7.40. The van der Waals surface area contributed by atoms with Gasteiger partial charge in [0.1, 0.15) is 12.7 Å². The molecule has 0 amide bonds. The summed E-state index contributed by atoms with van der Waals surface area (Å²) in [5, 5.41) is 0. The Morgan fingerprint density at radius 2 is 1.48 bits per heavy atom. The average molecular weight is 332 g/mol. The third-order valence-corrected chi connectivity index (χ3v) is 2.96. The van der Waals surface area contributed by atoms with Gasteiger partial charge in [0.15, 0.2) is 6.10 Å². The molecular weight excluding hydrogens is 312 g/mol. The van der Waals surface area contributed by atoms with Gasteiger partial charge >= 0.3 is 23.9 Å². The molecule has 0 saturated carbocycles. The summed E-state index contributed by atoms with van der Waals surface area (Å²) < 4.78 is 25.7. The molecule has 0 aromatic heterocycles. The minimum Gasteiger partial charge on any atom is -0.463 e. The zero-order valence-electron chi connectivity index (χ0n) is 13.6. The maximum Gasteiger partial charge on any atom is 0.305 e. The number of carbonyl (C=O) groups is 4. The van der Waals surface area contributed by atoms with Crippen molar-refractivity contribution in [2.75, 3.05) is 6.61 Å². The summed E-state index contributed by atoms with van der Waals surface area (Å²) in [6.07, 6.45) is -3.26. The topological polar surface area (TPSA) is 114 Å². The third kappa shape index (κ3) is 5.20. The van der Waals surface area contributed by atoms with Crippen LogP contribution in [-0.4, -0.2) is 54.6 Å². The number of esters is 4. The molecule has 0 aromatic carbocycles. The molecule has 23 heavy (non-hydrogen) atoms. The van der Waals surface area contributed by atoms with Crippen LogP contribution in [0.25, 0.3) is 0 Å². The lowest BCUT2D eigenvalue weighted by Gasteiger charge is -2.29. The summed E-state index contributed by atoms with van der Waals surface area (Å²) in [4.78, 5) is 44.9. The smallest absolute Gasteiger partial charge is 0.305 e. The van der Waals surface area contributed by atoms with Crippen LogP contribution < -0.4 is 0 Å². The van der Waals surface area contributed by atoms with E-state index in [1.54, 1.807) is 0 Å². The lowest BCUT2D eigenvalue weighted by molar-refractivity contribution is -0.246. The Hall–Kier alpha value is -2.16. The fraction of sp³-hybridized carbons (Fsp3) is 0.714. The van der Waals surface area contributed by atoms with Gasteiger partial charge < -0.3 is 23.7 Å². The first-order chi connectivity index (χ1) is 10.5. The zero-order valence-corrected chi connectivity index (χ0v) is 13.6. The van der Waals surface area contributed by atoms with Gasteiger partial charge in [-0.1, -0.05) is 0 Å². The molecule has 4 atom stereocenters. The van der Waals surface area contributed by atoms with E-state index in [0.29, 0.717) is 0 Å². The molecule has 1 unspecified atom stereocenters. The molecule has 1 aliphatic heterocycles. The van der Waals surface area contributed by atoms with E-state index in [4.69, 9.17) is 23.7 Å². The van der Waals surface area contributed by atoms with Gasteiger partial charge in [-0.15, -0.1) is 0 Å². The first-order valence-electron chi connectivity index (χ1n) is 6.90. The van der Waals surface area contributed by atoms with E-state index >= 15 is 0 Å². The van der Waals surface area contributed by atoms with Gasteiger partial charge in [-0.05, 0) is 0 Å². The Bertz CT molecular complexity index is 500. The molecule has 0 spiro atoms. The Morgan fingerprint density at radius 3 is 1.91 bits per heavy atom. The largest absolute Gasteiger partial charge is 0.463 e. The molecule has 0 N–H and O–H groups in total. The lowest BCUT2D eigenvalue weighted by atomic mass is 10.1. The number of ether oxygens (including phenoxy) is 5. The Morgan fingerprint density at radius 1 is 0.913 bits per heavy atom. The summed E-state index contributed by atoms with van der Waals surface area (Å²) in [5.41, 5.74) is 0. The van der Waals surface area contributed by atoms with E-state index in [-0.39, 0.29) is 6.61 Å². The van der Waals surface area contributed by atoms with Gasteiger partial charge in [0, 0.05) is 34.6 Å². The van der Waals surface area contributed by atoms with Crippen LogP contribution in [0.2, 0.25) is 0 Å². The van der Waals surface area contributed by atoms with E-state index in [1.807, 2.05) is 0 Å². The van der Waals surface area contributed by atoms with E-state index in [2.05, 4.69) is 0 Å². The summed E-state index contributed by atoms with van der Waals surface area (Å²) in [7, 11) is 0. The molecule has 1 heterocycles. The normalized spacial score (nSPS) is 29.5. The Labute approximate surface area is 133 Å². The summed E-state index contributed by atoms with van der Waals surface area (Å²) in [5.74, 6) is -4.26. The monoisotopic (exact) mass is 332 g/mol. The first kappa shape index (κ1) is 18.9. The molecule has 1 rings (SSSR count). The maximum atomic E-state index is 11.3. The maximum absolute atomic E-state index is 11.3. The average Bonchev–Trinajstić information content (AvgIpc) is 2.59. The number of carbonyl (C=O) groups excluding carboxylic acids is 4. The SMILES string of the molecule is CC(=O)OC[C@H]1O[C@@](C)(OC(C)=O)C(OC(C)=O)[C@H]1OC(C)=O. The highest BCUT2D eigenvalue weighted by Crippen LogP contribution is 2.36. The molecule has 0 aromatic rings. The van der Waals surface area contributed by atoms with Crippen molar-refractivity contribution in [1.29, 1.82) is 0 Å². The molecule has 1 aliphatic rings. The fourth-order valence-electron chi connectivity index (χ4n) is 2.31. The molecule has 130 valence electrons. The predicted molar refractivity (Wildman–Crippen MR) is 72.8 cm³/mol. The van der Waals surface area contributed by atoms with Crippen molar-refractivity contribution in [3.63, 3.8) is 0 Å². The molecule has 0 radical (unpaired) electrons. The van der Waals surface area contributed by atoms with Crippen LogP contribution in [0.3, 0.4) is 0 Å². The van der Waals surface area contributed by atoms with Crippen molar-refractivity contribution in [3.8, 4) is 0 Å². The zero-order chi connectivity index (χ0) is 17.8. The van der Waals surface area contributed by atoms with Crippen LogP contribution in [0.5, 0.6) is 0 Å². The van der Waals surface area contributed by atoms with Crippen LogP contribution in [0.15, 0.2) is 0 Å². The van der Waals surface area contributed by atoms with Gasteiger partial charge in [0.25, 0.3) is 5.79 Å². The van der Waals surface area contributed by atoms with Crippen molar-refractivity contribution in [2.24, 2.45) is 0 Å². The van der Waals surface area contributed by atoms with E-state index in [1.165, 1.54) is 13.8 Å². The number of hydrogen-bond donors (Lipinski definition) is 0. The fourth-order valence-corrected chi connectivity index (χ4v) is 2.31. The van der Waals surface area contributed by atoms with Crippen LogP contribution in [-0.2, 0) is 42.9 Å². The predicted octanol–water partition coefficient (Wildman–Crippen LogP) is 0.0910. The van der Waals surface area contributed by atoms with Crippen molar-refractivity contribution >= 4 is 23.9 Å². The van der Waals surface area contributed by atoms with Gasteiger partial charge in [-0.3, -0.25) is 19.2 Å². The van der Waals surface area contributed by atoms with E-state index < -0.39 is 48.0 Å². The Kier molecular flexibility index (Phi) is 6.08. The van der Waals surface area contributed by atoms with Crippen molar-refractivity contribution in [1.82, 2.24) is 0 Å². The van der Waals surface area contributed by atoms with Gasteiger partial charge in [-0.25, -0.2) is 0 Å². The number of rotatable bonds is 5. The quantitative estimate of drug-likeness (QED) is 0.510. The van der Waals surface area contributed by atoms with Crippen LogP contribution in [0, 0.1) is 0 Å². The van der Waals surface area contributed by atoms with Crippen molar-refractivity contribution < 1.29 is 42.9 Å². The van der Waals surface area contributed by atoms with Crippen LogP contribution in [0.1, 0.15) is 34.6 Å². The molecule has 1 saturated heterocycles. The first-order valence-corrected chi connectivity index (χ1v) is 6.90. The molecular formula is C14H20O9. The van der Waals surface area contributed by atoms with E-state index in [9.17, 15) is 19.2 Å². The molecule has 0 aliphatic carbocycles. The summed E-state index contributed by atoms with van der Waals surface area (Å²) in [6.45, 7) is 5.77. The second-order valence-electron chi connectivity index (χ2n) is 5.17.